The van der Waals surface area contributed by atoms with Gasteiger partial charge in [-0.3, -0.25) is 9.59 Å². The second-order valence-corrected chi connectivity index (χ2v) is 6.53. The van der Waals surface area contributed by atoms with E-state index in [-0.39, 0.29) is 26.7 Å². The van der Waals surface area contributed by atoms with Gasteiger partial charge in [-0.1, -0.05) is 29.3 Å². The largest absolute Gasteiger partial charge is 0.468 e. The van der Waals surface area contributed by atoms with Gasteiger partial charge < -0.3 is 10.1 Å². The summed E-state index contributed by atoms with van der Waals surface area (Å²) in [5, 5.41) is 1.95. The van der Waals surface area contributed by atoms with Crippen molar-refractivity contribution >= 4 is 34.9 Å². The highest BCUT2D eigenvalue weighted by Crippen LogP contribution is 2.34. The van der Waals surface area contributed by atoms with Crippen LogP contribution in [0.3, 0.4) is 0 Å². The molecule has 0 aliphatic carbocycles. The van der Waals surface area contributed by atoms with Crippen LogP contribution in [-0.4, -0.2) is 42.2 Å². The molecule has 0 radical (unpaired) electrons. The van der Waals surface area contributed by atoms with Crippen molar-refractivity contribution in [2.75, 3.05) is 13.2 Å². The standard InChI is InChI=1S/C17H10Cl2F6N2O3/c18-11-2-1-8(4-12(11)19)10-3-9(5-27-15(10)30-7-16(20,21)22)14(29)26-6-13(28)17(23,24)25/h1-5H,6-7H2,(H,26,29). The Morgan fingerprint density at radius 2 is 1.70 bits per heavy atom. The number of hydrogen-bond donors (Lipinski definition) is 1. The number of nitrogens with zero attached hydrogens (tertiary/aromatic N) is 1. The van der Waals surface area contributed by atoms with Crippen LogP contribution in [0, 0.1) is 0 Å². The highest BCUT2D eigenvalue weighted by atomic mass is 35.5. The normalized spacial score (nSPS) is 11.9. The molecule has 0 aliphatic heterocycles. The van der Waals surface area contributed by atoms with Gasteiger partial charge in [0.1, 0.15) is 0 Å². The lowest BCUT2D eigenvalue weighted by atomic mass is 10.0. The molecule has 0 saturated heterocycles. The number of rotatable bonds is 6. The van der Waals surface area contributed by atoms with Gasteiger partial charge in [-0.05, 0) is 23.8 Å². The van der Waals surface area contributed by atoms with E-state index in [0.29, 0.717) is 0 Å². The zero-order valence-electron chi connectivity index (χ0n) is 14.5. The first-order valence-corrected chi connectivity index (χ1v) is 8.57. The Labute approximate surface area is 174 Å². The van der Waals surface area contributed by atoms with Crippen LogP contribution in [0.25, 0.3) is 11.1 Å². The molecule has 0 saturated carbocycles. The predicted molar refractivity (Wildman–Crippen MR) is 94.6 cm³/mol. The maximum absolute atomic E-state index is 12.5. The predicted octanol–water partition coefficient (Wildman–Crippen LogP) is 4.86. The molecule has 0 bridgehead atoms. The van der Waals surface area contributed by atoms with E-state index < -0.39 is 43.1 Å². The van der Waals surface area contributed by atoms with Crippen molar-refractivity contribution in [2.24, 2.45) is 0 Å². The first kappa shape index (κ1) is 23.7. The summed E-state index contributed by atoms with van der Waals surface area (Å²) in [5.41, 5.74) is -0.256. The fourth-order valence-electron chi connectivity index (χ4n) is 2.07. The van der Waals surface area contributed by atoms with Crippen molar-refractivity contribution in [1.82, 2.24) is 10.3 Å². The summed E-state index contributed by atoms with van der Waals surface area (Å²) in [4.78, 5) is 26.6. The average molecular weight is 475 g/mol. The number of carbonyl (C=O) groups is 2. The van der Waals surface area contributed by atoms with E-state index in [1.165, 1.54) is 18.2 Å². The van der Waals surface area contributed by atoms with Crippen LogP contribution in [0.2, 0.25) is 10.0 Å². The highest BCUT2D eigenvalue weighted by Gasteiger charge is 2.38. The molecule has 0 aliphatic rings. The number of carbonyl (C=O) groups excluding carboxylic acids is 2. The lowest BCUT2D eigenvalue weighted by Gasteiger charge is -2.14. The molecule has 1 aromatic carbocycles. The minimum absolute atomic E-state index is 0.0431. The molecular formula is C17H10Cl2F6N2O3. The van der Waals surface area contributed by atoms with Crippen LogP contribution in [0.4, 0.5) is 26.3 Å². The number of benzene rings is 1. The first-order chi connectivity index (χ1) is 13.8. The number of alkyl halides is 6. The van der Waals surface area contributed by atoms with Crippen LogP contribution < -0.4 is 10.1 Å². The molecule has 0 spiro atoms. The van der Waals surface area contributed by atoms with Gasteiger partial charge in [0, 0.05) is 11.8 Å². The smallest absolute Gasteiger partial charge is 0.451 e. The number of aromatic nitrogens is 1. The molecule has 13 heteroatoms. The molecule has 30 heavy (non-hydrogen) atoms. The fourth-order valence-corrected chi connectivity index (χ4v) is 2.37. The van der Waals surface area contributed by atoms with Gasteiger partial charge in [0.05, 0.1) is 22.2 Å². The number of hydrogen-bond acceptors (Lipinski definition) is 4. The Morgan fingerprint density at radius 3 is 2.27 bits per heavy atom. The van der Waals surface area contributed by atoms with Crippen LogP contribution in [0.1, 0.15) is 10.4 Å². The van der Waals surface area contributed by atoms with Gasteiger partial charge in [-0.25, -0.2) is 4.98 Å². The number of halogens is 8. The van der Waals surface area contributed by atoms with Crippen molar-refractivity contribution < 1.29 is 40.7 Å². The number of Topliss-reactive ketones (excluding diaryl/α,β-unsaturated/α-hetero) is 1. The van der Waals surface area contributed by atoms with Gasteiger partial charge in [0.2, 0.25) is 5.88 Å². The van der Waals surface area contributed by atoms with Crippen molar-refractivity contribution in [1.29, 1.82) is 0 Å². The molecule has 0 unspecified atom stereocenters. The van der Waals surface area contributed by atoms with E-state index in [4.69, 9.17) is 23.2 Å². The van der Waals surface area contributed by atoms with Crippen LogP contribution >= 0.6 is 23.2 Å². The molecule has 1 heterocycles. The van der Waals surface area contributed by atoms with Crippen molar-refractivity contribution in [3.8, 4) is 17.0 Å². The maximum atomic E-state index is 12.5. The monoisotopic (exact) mass is 474 g/mol. The summed E-state index contributed by atoms with van der Waals surface area (Å²) in [7, 11) is 0. The van der Waals surface area contributed by atoms with Crippen LogP contribution in [0.5, 0.6) is 5.88 Å². The summed E-state index contributed by atoms with van der Waals surface area (Å²) < 4.78 is 78.9. The number of pyridine rings is 1. The van der Waals surface area contributed by atoms with Gasteiger partial charge in [-0.15, -0.1) is 0 Å². The molecular weight excluding hydrogens is 465 g/mol. The number of amides is 1. The number of nitrogens with one attached hydrogen (secondary N) is 1. The van der Waals surface area contributed by atoms with E-state index >= 15 is 0 Å². The number of ketones is 1. The zero-order chi connectivity index (χ0) is 22.7. The third-order valence-electron chi connectivity index (χ3n) is 3.44. The molecule has 0 atom stereocenters. The van der Waals surface area contributed by atoms with Gasteiger partial charge in [0.25, 0.3) is 11.7 Å². The number of ether oxygens (including phenoxy) is 1. The molecule has 5 nitrogen and oxygen atoms in total. The second kappa shape index (κ2) is 9.09. The van der Waals surface area contributed by atoms with Gasteiger partial charge >= 0.3 is 12.4 Å². The van der Waals surface area contributed by atoms with E-state index in [0.717, 1.165) is 12.3 Å². The second-order valence-electron chi connectivity index (χ2n) is 5.71. The van der Waals surface area contributed by atoms with Crippen molar-refractivity contribution in [3.63, 3.8) is 0 Å². The molecule has 1 N–H and O–H groups in total. The van der Waals surface area contributed by atoms with Crippen LogP contribution in [-0.2, 0) is 4.79 Å². The quantitative estimate of drug-likeness (QED) is 0.607. The minimum Gasteiger partial charge on any atom is -0.468 e. The lowest BCUT2D eigenvalue weighted by Crippen LogP contribution is -2.36. The molecule has 1 aromatic heterocycles. The summed E-state index contributed by atoms with van der Waals surface area (Å²) in [5.74, 6) is -3.80. The highest BCUT2D eigenvalue weighted by molar-refractivity contribution is 6.42. The summed E-state index contributed by atoms with van der Waals surface area (Å²) in [6.45, 7) is -3.00. The Hall–Kier alpha value is -2.53. The molecule has 2 aromatic rings. The summed E-state index contributed by atoms with van der Waals surface area (Å²) in [6, 6.07) is 5.00. The Bertz CT molecular complexity index is 963. The third kappa shape index (κ3) is 6.49. The minimum atomic E-state index is -5.13. The van der Waals surface area contributed by atoms with Crippen molar-refractivity contribution in [3.05, 3.63) is 46.1 Å². The van der Waals surface area contributed by atoms with Gasteiger partial charge in [-0.2, -0.15) is 26.3 Å². The third-order valence-corrected chi connectivity index (χ3v) is 4.18. The average Bonchev–Trinajstić information content (AvgIpc) is 2.64. The summed E-state index contributed by atoms with van der Waals surface area (Å²) >= 11 is 11.7. The molecule has 0 fully saturated rings. The Balaban J connectivity index is 2.36. The molecule has 2 rings (SSSR count). The van der Waals surface area contributed by atoms with Crippen molar-refractivity contribution in [2.45, 2.75) is 12.4 Å². The van der Waals surface area contributed by atoms with E-state index in [9.17, 15) is 35.9 Å². The first-order valence-electron chi connectivity index (χ1n) is 7.81. The van der Waals surface area contributed by atoms with Crippen LogP contribution in [0.15, 0.2) is 30.5 Å². The van der Waals surface area contributed by atoms with E-state index in [1.807, 2.05) is 0 Å². The maximum Gasteiger partial charge on any atom is 0.451 e. The fraction of sp³-hybridized carbons (Fsp3) is 0.235. The summed E-state index contributed by atoms with van der Waals surface area (Å²) in [6.07, 6.45) is -9.02. The Kier molecular flexibility index (Phi) is 7.19. The zero-order valence-corrected chi connectivity index (χ0v) is 16.0. The van der Waals surface area contributed by atoms with Gasteiger partial charge in [0.15, 0.2) is 6.61 Å². The Morgan fingerprint density at radius 1 is 1.03 bits per heavy atom. The topological polar surface area (TPSA) is 68.3 Å². The van der Waals surface area contributed by atoms with E-state index in [2.05, 4.69) is 9.72 Å². The van der Waals surface area contributed by atoms with E-state index in [1.54, 1.807) is 5.32 Å². The lowest BCUT2D eigenvalue weighted by molar-refractivity contribution is -0.169. The molecule has 1 amide bonds. The SMILES string of the molecule is O=C(NCC(=O)C(F)(F)F)c1cnc(OCC(F)(F)F)c(-c2ccc(Cl)c(Cl)c2)c1. The molecule has 162 valence electrons.